The van der Waals surface area contributed by atoms with Gasteiger partial charge in [0.2, 0.25) is 0 Å². The zero-order valence-electron chi connectivity index (χ0n) is 14.9. The number of hydrogen-bond donors (Lipinski definition) is 1. The van der Waals surface area contributed by atoms with Crippen LogP contribution in [0.2, 0.25) is 0 Å². The normalized spacial score (nSPS) is 11.4. The summed E-state index contributed by atoms with van der Waals surface area (Å²) in [4.78, 5) is 18.2. The summed E-state index contributed by atoms with van der Waals surface area (Å²) in [5, 5.41) is 3.38. The molecule has 0 aliphatic heterocycles. The molecule has 1 aromatic heterocycles. The maximum Gasteiger partial charge on any atom is 0.256 e. The lowest BCUT2D eigenvalue weighted by Crippen LogP contribution is -2.13. The van der Waals surface area contributed by atoms with Crippen LogP contribution >= 0.6 is 11.8 Å². The van der Waals surface area contributed by atoms with E-state index in [0.29, 0.717) is 22.4 Å². The number of rotatable bonds is 5. The van der Waals surface area contributed by atoms with Crippen molar-refractivity contribution in [3.05, 3.63) is 53.9 Å². The number of carbonyl (C=O) groups is 1. The van der Waals surface area contributed by atoms with E-state index in [9.17, 15) is 4.79 Å². The summed E-state index contributed by atoms with van der Waals surface area (Å²) in [6, 6.07) is 13.2. The fourth-order valence-corrected chi connectivity index (χ4v) is 3.43. The Morgan fingerprint density at radius 3 is 2.60 bits per heavy atom. The Balaban J connectivity index is 1.85. The van der Waals surface area contributed by atoms with E-state index in [1.165, 1.54) is 0 Å². The number of anilines is 1. The summed E-state index contributed by atoms with van der Waals surface area (Å²) < 4.78 is 5.71. The van der Waals surface area contributed by atoms with Gasteiger partial charge in [0.25, 0.3) is 5.91 Å². The third kappa shape index (κ3) is 4.04. The molecule has 0 spiro atoms. The highest BCUT2D eigenvalue weighted by Crippen LogP contribution is 2.28. The standard InChI is InChI=1S/C20H22N2O2S/c1-12(2)20-22-16-11-14(9-10-17(16)24-20)21-19(23)15-7-5-6-8-18(15)25-13(3)4/h5-13H,1-4H3,(H,21,23). The predicted molar refractivity (Wildman–Crippen MR) is 103 cm³/mol. The molecule has 130 valence electrons. The zero-order valence-corrected chi connectivity index (χ0v) is 15.7. The number of carbonyl (C=O) groups excluding carboxylic acids is 1. The van der Waals surface area contributed by atoms with Gasteiger partial charge in [-0.05, 0) is 30.3 Å². The van der Waals surface area contributed by atoms with Crippen molar-refractivity contribution in [2.75, 3.05) is 5.32 Å². The predicted octanol–water partition coefficient (Wildman–Crippen LogP) is 5.70. The van der Waals surface area contributed by atoms with Gasteiger partial charge in [0.15, 0.2) is 11.5 Å². The van der Waals surface area contributed by atoms with Crippen LogP contribution in [0.3, 0.4) is 0 Å². The number of benzene rings is 2. The maximum absolute atomic E-state index is 12.7. The Labute approximate surface area is 152 Å². The molecule has 0 radical (unpaired) electrons. The van der Waals surface area contributed by atoms with E-state index >= 15 is 0 Å². The van der Waals surface area contributed by atoms with E-state index in [1.54, 1.807) is 11.8 Å². The molecule has 0 aliphatic rings. The minimum absolute atomic E-state index is 0.115. The molecule has 3 rings (SSSR count). The Morgan fingerprint density at radius 1 is 1.12 bits per heavy atom. The average Bonchev–Trinajstić information content (AvgIpc) is 2.98. The molecule has 5 heteroatoms. The van der Waals surface area contributed by atoms with Crippen LogP contribution in [-0.4, -0.2) is 16.1 Å². The van der Waals surface area contributed by atoms with E-state index in [0.717, 1.165) is 16.0 Å². The van der Waals surface area contributed by atoms with E-state index in [1.807, 2.05) is 56.3 Å². The van der Waals surface area contributed by atoms with Crippen molar-refractivity contribution in [1.29, 1.82) is 0 Å². The van der Waals surface area contributed by atoms with Crippen LogP contribution in [0, 0.1) is 0 Å². The molecule has 3 aromatic rings. The number of hydrogen-bond acceptors (Lipinski definition) is 4. The van der Waals surface area contributed by atoms with Gasteiger partial charge in [-0.25, -0.2) is 4.98 Å². The number of amides is 1. The highest BCUT2D eigenvalue weighted by Gasteiger charge is 2.14. The molecule has 0 fully saturated rings. The van der Waals surface area contributed by atoms with E-state index < -0.39 is 0 Å². The maximum atomic E-state index is 12.7. The van der Waals surface area contributed by atoms with Gasteiger partial charge in [-0.15, -0.1) is 11.8 Å². The summed E-state index contributed by atoms with van der Waals surface area (Å²) >= 11 is 1.68. The van der Waals surface area contributed by atoms with Crippen molar-refractivity contribution >= 4 is 34.5 Å². The lowest BCUT2D eigenvalue weighted by atomic mass is 10.2. The van der Waals surface area contributed by atoms with Gasteiger partial charge in [-0.2, -0.15) is 0 Å². The van der Waals surface area contributed by atoms with Crippen LogP contribution in [0.5, 0.6) is 0 Å². The lowest BCUT2D eigenvalue weighted by Gasteiger charge is -2.11. The third-order valence-corrected chi connectivity index (χ3v) is 4.73. The SMILES string of the molecule is CC(C)Sc1ccccc1C(=O)Nc1ccc2oc(C(C)C)nc2c1. The molecule has 1 heterocycles. The van der Waals surface area contributed by atoms with Gasteiger partial charge in [0.1, 0.15) is 5.52 Å². The Hall–Kier alpha value is -2.27. The van der Waals surface area contributed by atoms with E-state index in [2.05, 4.69) is 24.1 Å². The van der Waals surface area contributed by atoms with Gasteiger partial charge >= 0.3 is 0 Å². The number of nitrogens with one attached hydrogen (secondary N) is 1. The van der Waals surface area contributed by atoms with Gasteiger partial charge in [0.05, 0.1) is 5.56 Å². The minimum atomic E-state index is -0.115. The number of nitrogens with zero attached hydrogens (tertiary/aromatic N) is 1. The second-order valence-electron chi connectivity index (χ2n) is 6.51. The Morgan fingerprint density at radius 2 is 1.88 bits per heavy atom. The minimum Gasteiger partial charge on any atom is -0.440 e. The van der Waals surface area contributed by atoms with Gasteiger partial charge < -0.3 is 9.73 Å². The first kappa shape index (κ1) is 17.5. The molecule has 0 atom stereocenters. The largest absolute Gasteiger partial charge is 0.440 e. The summed E-state index contributed by atoms with van der Waals surface area (Å²) in [5.74, 6) is 0.818. The molecule has 0 unspecified atom stereocenters. The first-order valence-electron chi connectivity index (χ1n) is 8.41. The summed E-state index contributed by atoms with van der Waals surface area (Å²) in [5.41, 5.74) is 2.89. The average molecular weight is 354 g/mol. The lowest BCUT2D eigenvalue weighted by molar-refractivity contribution is 0.102. The van der Waals surface area contributed by atoms with Crippen LogP contribution in [0.15, 0.2) is 51.8 Å². The molecule has 0 bridgehead atoms. The fourth-order valence-electron chi connectivity index (χ4n) is 2.48. The molecular formula is C20H22N2O2S. The van der Waals surface area contributed by atoms with Crippen molar-refractivity contribution < 1.29 is 9.21 Å². The van der Waals surface area contributed by atoms with Gasteiger partial charge in [-0.1, -0.05) is 39.8 Å². The van der Waals surface area contributed by atoms with Gasteiger partial charge in [-0.3, -0.25) is 4.79 Å². The Kier molecular flexibility index (Phi) is 5.13. The van der Waals surface area contributed by atoms with Crippen molar-refractivity contribution in [2.24, 2.45) is 0 Å². The number of fused-ring (bicyclic) bond motifs is 1. The summed E-state index contributed by atoms with van der Waals surface area (Å²) in [6.07, 6.45) is 0. The molecule has 25 heavy (non-hydrogen) atoms. The van der Waals surface area contributed by atoms with E-state index in [4.69, 9.17) is 4.42 Å². The summed E-state index contributed by atoms with van der Waals surface area (Å²) in [7, 11) is 0. The second kappa shape index (κ2) is 7.31. The number of oxazole rings is 1. The zero-order chi connectivity index (χ0) is 18.0. The molecule has 0 aliphatic carbocycles. The fraction of sp³-hybridized carbons (Fsp3) is 0.300. The molecule has 2 aromatic carbocycles. The summed E-state index contributed by atoms with van der Waals surface area (Å²) in [6.45, 7) is 8.31. The third-order valence-electron chi connectivity index (χ3n) is 3.65. The second-order valence-corrected chi connectivity index (χ2v) is 8.12. The monoisotopic (exact) mass is 354 g/mol. The van der Waals surface area contributed by atoms with Crippen LogP contribution < -0.4 is 5.32 Å². The van der Waals surface area contributed by atoms with E-state index in [-0.39, 0.29) is 11.8 Å². The molecule has 1 N–H and O–H groups in total. The number of thioether (sulfide) groups is 1. The van der Waals surface area contributed by atoms with Gasteiger partial charge in [0, 0.05) is 21.8 Å². The molecule has 1 amide bonds. The van der Waals surface area contributed by atoms with Crippen molar-refractivity contribution in [3.63, 3.8) is 0 Å². The highest BCUT2D eigenvalue weighted by atomic mass is 32.2. The first-order chi connectivity index (χ1) is 11.9. The molecular weight excluding hydrogens is 332 g/mol. The Bertz CT molecular complexity index is 900. The molecule has 0 saturated carbocycles. The van der Waals surface area contributed by atoms with Crippen LogP contribution in [0.4, 0.5) is 5.69 Å². The van der Waals surface area contributed by atoms with Crippen LogP contribution in [0.25, 0.3) is 11.1 Å². The molecule has 0 saturated heterocycles. The smallest absolute Gasteiger partial charge is 0.256 e. The van der Waals surface area contributed by atoms with Crippen molar-refractivity contribution in [3.8, 4) is 0 Å². The van der Waals surface area contributed by atoms with Crippen LogP contribution in [-0.2, 0) is 0 Å². The topological polar surface area (TPSA) is 55.1 Å². The van der Waals surface area contributed by atoms with Crippen molar-refractivity contribution in [2.45, 2.75) is 43.8 Å². The van der Waals surface area contributed by atoms with Crippen molar-refractivity contribution in [1.82, 2.24) is 4.98 Å². The number of aromatic nitrogens is 1. The van der Waals surface area contributed by atoms with Crippen LogP contribution in [0.1, 0.15) is 49.9 Å². The highest BCUT2D eigenvalue weighted by molar-refractivity contribution is 8.00. The molecule has 4 nitrogen and oxygen atoms in total. The quantitative estimate of drug-likeness (QED) is 0.597. The first-order valence-corrected chi connectivity index (χ1v) is 9.29.